The second-order valence-corrected chi connectivity index (χ2v) is 7.61. The van der Waals surface area contributed by atoms with Crippen molar-refractivity contribution < 1.29 is 22.3 Å². The summed E-state index contributed by atoms with van der Waals surface area (Å²) in [6.45, 7) is 2.07. The molecule has 0 aliphatic carbocycles. The highest BCUT2D eigenvalue weighted by molar-refractivity contribution is 5.65. The van der Waals surface area contributed by atoms with E-state index in [1.54, 1.807) is 36.4 Å². The number of aryl methyl sites for hydroxylation is 3. The van der Waals surface area contributed by atoms with E-state index in [0.29, 0.717) is 36.0 Å². The molecule has 0 saturated heterocycles. The first-order valence-electron chi connectivity index (χ1n) is 10.5. The molecule has 0 aromatic heterocycles. The number of ether oxygens (including phenoxy) is 1. The third kappa shape index (κ3) is 5.27. The fourth-order valence-corrected chi connectivity index (χ4v) is 3.62. The van der Waals surface area contributed by atoms with Gasteiger partial charge in [0.2, 0.25) is 5.82 Å². The highest BCUT2D eigenvalue weighted by Crippen LogP contribution is 2.30. The number of unbranched alkanes of at least 4 members (excludes halogenated alkanes) is 2. The Morgan fingerprint density at radius 1 is 0.645 bits per heavy atom. The quantitative estimate of drug-likeness (QED) is 0.253. The summed E-state index contributed by atoms with van der Waals surface area (Å²) in [6.07, 6.45) is 4.26. The number of hydrogen-bond donors (Lipinski definition) is 0. The summed E-state index contributed by atoms with van der Waals surface area (Å²) in [7, 11) is 1.28. The molecule has 31 heavy (non-hydrogen) atoms. The van der Waals surface area contributed by atoms with Crippen LogP contribution in [0.2, 0.25) is 0 Å². The minimum atomic E-state index is -1.03. The topological polar surface area (TPSA) is 9.23 Å². The molecule has 3 aromatic carbocycles. The lowest BCUT2D eigenvalue weighted by atomic mass is 9.98. The number of rotatable bonds is 9. The third-order valence-electron chi connectivity index (χ3n) is 5.51. The van der Waals surface area contributed by atoms with Gasteiger partial charge in [-0.2, -0.15) is 4.39 Å². The first kappa shape index (κ1) is 22.9. The van der Waals surface area contributed by atoms with Crippen LogP contribution in [0.5, 0.6) is 5.75 Å². The fraction of sp³-hybridized carbons (Fsp3) is 0.308. The van der Waals surface area contributed by atoms with Crippen molar-refractivity contribution in [2.75, 3.05) is 7.11 Å². The van der Waals surface area contributed by atoms with Crippen LogP contribution < -0.4 is 4.74 Å². The van der Waals surface area contributed by atoms with Crippen molar-refractivity contribution in [3.63, 3.8) is 0 Å². The zero-order chi connectivity index (χ0) is 22.4. The van der Waals surface area contributed by atoms with Gasteiger partial charge in [-0.3, -0.25) is 0 Å². The van der Waals surface area contributed by atoms with Gasteiger partial charge in [0, 0.05) is 5.56 Å². The van der Waals surface area contributed by atoms with Crippen molar-refractivity contribution in [3.05, 3.63) is 88.5 Å². The molecule has 5 heteroatoms. The Morgan fingerprint density at radius 3 is 1.90 bits per heavy atom. The Bertz CT molecular complexity index is 1030. The number of halogens is 4. The van der Waals surface area contributed by atoms with E-state index in [4.69, 9.17) is 4.74 Å². The second kappa shape index (κ2) is 10.5. The van der Waals surface area contributed by atoms with Crippen molar-refractivity contribution >= 4 is 0 Å². The van der Waals surface area contributed by atoms with E-state index in [-0.39, 0.29) is 11.3 Å². The van der Waals surface area contributed by atoms with Crippen LogP contribution in [-0.2, 0) is 19.3 Å². The predicted molar refractivity (Wildman–Crippen MR) is 115 cm³/mol. The largest absolute Gasteiger partial charge is 0.494 e. The van der Waals surface area contributed by atoms with Crippen LogP contribution in [-0.4, -0.2) is 7.11 Å². The lowest BCUT2D eigenvalue weighted by Gasteiger charge is -2.10. The van der Waals surface area contributed by atoms with Gasteiger partial charge in [0.05, 0.1) is 7.11 Å². The van der Waals surface area contributed by atoms with Crippen molar-refractivity contribution in [2.45, 2.75) is 45.4 Å². The maximum absolute atomic E-state index is 14.4. The molecule has 0 bridgehead atoms. The second-order valence-electron chi connectivity index (χ2n) is 7.61. The van der Waals surface area contributed by atoms with Gasteiger partial charge in [0.1, 0.15) is 0 Å². The summed E-state index contributed by atoms with van der Waals surface area (Å²) >= 11 is 0. The molecule has 0 aliphatic rings. The molecule has 0 amide bonds. The van der Waals surface area contributed by atoms with Crippen LogP contribution in [0.1, 0.15) is 42.9 Å². The summed E-state index contributed by atoms with van der Waals surface area (Å²) in [4.78, 5) is 0. The molecule has 0 N–H and O–H groups in total. The zero-order valence-electron chi connectivity index (χ0n) is 17.8. The monoisotopic (exact) mass is 430 g/mol. The molecule has 164 valence electrons. The third-order valence-corrected chi connectivity index (χ3v) is 5.51. The normalized spacial score (nSPS) is 11.0. The minimum Gasteiger partial charge on any atom is -0.494 e. The van der Waals surface area contributed by atoms with Gasteiger partial charge < -0.3 is 4.74 Å². The highest BCUT2D eigenvalue weighted by Gasteiger charge is 2.16. The molecule has 3 rings (SSSR count). The van der Waals surface area contributed by atoms with E-state index in [0.717, 1.165) is 24.8 Å². The van der Waals surface area contributed by atoms with Crippen LogP contribution in [0.15, 0.2) is 48.5 Å². The Morgan fingerprint density at radius 2 is 1.29 bits per heavy atom. The average Bonchev–Trinajstić information content (AvgIpc) is 2.78. The smallest absolute Gasteiger partial charge is 0.201 e. The van der Waals surface area contributed by atoms with E-state index in [9.17, 15) is 17.6 Å². The van der Waals surface area contributed by atoms with Crippen LogP contribution in [0.25, 0.3) is 11.1 Å². The molecule has 0 atom stereocenters. The van der Waals surface area contributed by atoms with Crippen molar-refractivity contribution in [1.82, 2.24) is 0 Å². The van der Waals surface area contributed by atoms with Gasteiger partial charge in [0.15, 0.2) is 23.2 Å². The Kier molecular flexibility index (Phi) is 7.72. The maximum atomic E-state index is 14.4. The van der Waals surface area contributed by atoms with E-state index in [2.05, 4.69) is 6.92 Å². The van der Waals surface area contributed by atoms with Crippen LogP contribution in [0.4, 0.5) is 17.6 Å². The molecule has 0 unspecified atom stereocenters. The van der Waals surface area contributed by atoms with Gasteiger partial charge in [-0.25, -0.2) is 13.2 Å². The van der Waals surface area contributed by atoms with Crippen LogP contribution >= 0.6 is 0 Å². The summed E-state index contributed by atoms with van der Waals surface area (Å²) in [5, 5.41) is 0. The summed E-state index contributed by atoms with van der Waals surface area (Å²) in [6, 6.07) is 13.1. The van der Waals surface area contributed by atoms with Gasteiger partial charge in [-0.1, -0.05) is 56.2 Å². The van der Waals surface area contributed by atoms with E-state index in [1.165, 1.54) is 19.2 Å². The maximum Gasteiger partial charge on any atom is 0.201 e. The van der Waals surface area contributed by atoms with Crippen molar-refractivity contribution in [3.8, 4) is 16.9 Å². The average molecular weight is 430 g/mol. The standard InChI is InChI=1S/C26H26F4O/c1-3-4-5-6-19-13-14-20(24(28)23(19)27)12-9-17-7-10-18(11-8-17)21-15-16-22(31-2)26(30)25(21)29/h7-8,10-11,13-16H,3-6,9,12H2,1-2H3. The number of benzene rings is 3. The van der Waals surface area contributed by atoms with Gasteiger partial charge in [-0.05, 0) is 60.1 Å². The minimum absolute atomic E-state index is 0.136. The first-order chi connectivity index (χ1) is 15.0. The molecular weight excluding hydrogens is 404 g/mol. The fourth-order valence-electron chi connectivity index (χ4n) is 3.62. The molecule has 3 aromatic rings. The number of hydrogen-bond acceptors (Lipinski definition) is 1. The Hall–Kier alpha value is -2.82. The highest BCUT2D eigenvalue weighted by atomic mass is 19.2. The van der Waals surface area contributed by atoms with E-state index < -0.39 is 23.3 Å². The lowest BCUT2D eigenvalue weighted by Crippen LogP contribution is -2.02. The zero-order valence-corrected chi connectivity index (χ0v) is 17.8. The predicted octanol–water partition coefficient (Wildman–Crippen LogP) is 7.44. The van der Waals surface area contributed by atoms with Crippen LogP contribution in [0, 0.1) is 23.3 Å². The molecule has 1 nitrogen and oxygen atoms in total. The first-order valence-corrected chi connectivity index (χ1v) is 10.5. The van der Waals surface area contributed by atoms with Gasteiger partial charge in [0.25, 0.3) is 0 Å². The van der Waals surface area contributed by atoms with E-state index in [1.807, 2.05) is 0 Å². The SMILES string of the molecule is CCCCCc1ccc(CCc2ccc(-c3ccc(OC)c(F)c3F)cc2)c(F)c1F. The lowest BCUT2D eigenvalue weighted by molar-refractivity contribution is 0.372. The molecule has 0 saturated carbocycles. The molecular formula is C26H26F4O. The molecule has 0 fully saturated rings. The van der Waals surface area contributed by atoms with Crippen LogP contribution in [0.3, 0.4) is 0 Å². The Balaban J connectivity index is 1.69. The molecule has 0 spiro atoms. The van der Waals surface area contributed by atoms with Gasteiger partial charge >= 0.3 is 0 Å². The van der Waals surface area contributed by atoms with E-state index >= 15 is 0 Å². The molecule has 0 aliphatic heterocycles. The summed E-state index contributed by atoms with van der Waals surface area (Å²) < 4.78 is 61.8. The molecule has 0 radical (unpaired) electrons. The van der Waals surface area contributed by atoms with Crippen molar-refractivity contribution in [2.24, 2.45) is 0 Å². The number of methoxy groups -OCH3 is 1. The Labute approximate surface area is 180 Å². The van der Waals surface area contributed by atoms with Gasteiger partial charge in [-0.15, -0.1) is 0 Å². The molecule has 0 heterocycles. The summed E-state index contributed by atoms with van der Waals surface area (Å²) in [5.74, 6) is -3.67. The summed E-state index contributed by atoms with van der Waals surface area (Å²) in [5.41, 5.74) is 2.31. The van der Waals surface area contributed by atoms with Crippen molar-refractivity contribution in [1.29, 1.82) is 0 Å².